The molecular weight excluding hydrogens is 266 g/mol. The van der Waals surface area contributed by atoms with E-state index in [9.17, 15) is 4.79 Å². The zero-order chi connectivity index (χ0) is 14.9. The number of nitrogens with zero attached hydrogens (tertiary/aromatic N) is 1. The van der Waals surface area contributed by atoms with Crippen LogP contribution < -0.4 is 0 Å². The molecule has 0 aliphatic carbocycles. The summed E-state index contributed by atoms with van der Waals surface area (Å²) >= 11 is 0. The molecule has 0 bridgehead atoms. The molecule has 4 nitrogen and oxygen atoms in total. The number of rotatable bonds is 6. The van der Waals surface area contributed by atoms with Crippen LogP contribution in [0.5, 0.6) is 0 Å². The Hall–Kier alpha value is -2.62. The van der Waals surface area contributed by atoms with Crippen molar-refractivity contribution in [3.8, 4) is 0 Å². The van der Waals surface area contributed by atoms with E-state index in [0.717, 1.165) is 11.1 Å². The summed E-state index contributed by atoms with van der Waals surface area (Å²) in [5, 5.41) is 4.10. The molecule has 0 N–H and O–H groups in total. The summed E-state index contributed by atoms with van der Waals surface area (Å²) in [6.07, 6.45) is 0. The van der Waals surface area contributed by atoms with Crippen molar-refractivity contribution < 1.29 is 14.4 Å². The Kier molecular flexibility index (Phi) is 5.52. The first-order chi connectivity index (χ1) is 10.3. The lowest BCUT2D eigenvalue weighted by Crippen LogP contribution is -2.12. The summed E-state index contributed by atoms with van der Waals surface area (Å²) in [7, 11) is 0. The maximum absolute atomic E-state index is 11.3. The number of carbonyl (C=O) groups excluding carboxylic acids is 1. The molecule has 0 heterocycles. The smallest absolute Gasteiger partial charge is 0.347 e. The number of carbonyl (C=O) groups is 1. The Balaban J connectivity index is 2.19. The van der Waals surface area contributed by atoms with Gasteiger partial charge in [-0.2, -0.15) is 0 Å². The molecule has 0 amide bonds. The summed E-state index contributed by atoms with van der Waals surface area (Å²) in [5.74, 6) is -0.429. The van der Waals surface area contributed by atoms with Gasteiger partial charge in [-0.15, -0.1) is 0 Å². The van der Waals surface area contributed by atoms with E-state index in [1.54, 1.807) is 6.92 Å². The van der Waals surface area contributed by atoms with E-state index in [4.69, 9.17) is 9.57 Å². The van der Waals surface area contributed by atoms with Crippen molar-refractivity contribution in [3.63, 3.8) is 0 Å². The molecule has 21 heavy (non-hydrogen) atoms. The van der Waals surface area contributed by atoms with Gasteiger partial charge in [0.25, 0.3) is 0 Å². The van der Waals surface area contributed by atoms with E-state index in [1.165, 1.54) is 0 Å². The molecule has 0 fully saturated rings. The van der Waals surface area contributed by atoms with Gasteiger partial charge in [-0.3, -0.25) is 0 Å². The fraction of sp³-hybridized carbons (Fsp3) is 0.176. The van der Waals surface area contributed by atoms with Gasteiger partial charge in [-0.25, -0.2) is 4.79 Å². The van der Waals surface area contributed by atoms with E-state index in [-0.39, 0.29) is 6.61 Å². The van der Waals surface area contributed by atoms with Gasteiger partial charge in [0.15, 0.2) is 0 Å². The van der Waals surface area contributed by atoms with Crippen LogP contribution in [0.15, 0.2) is 65.8 Å². The second-order valence-corrected chi connectivity index (χ2v) is 4.25. The quantitative estimate of drug-likeness (QED) is 0.465. The van der Waals surface area contributed by atoms with Gasteiger partial charge in [0, 0.05) is 11.1 Å². The summed E-state index contributed by atoms with van der Waals surface area (Å²) in [6, 6.07) is 19.4. The number of esters is 1. The van der Waals surface area contributed by atoms with Gasteiger partial charge in [0.05, 0.1) is 6.61 Å². The second-order valence-electron chi connectivity index (χ2n) is 4.25. The van der Waals surface area contributed by atoms with Crippen molar-refractivity contribution in [3.05, 3.63) is 71.8 Å². The van der Waals surface area contributed by atoms with E-state index in [1.807, 2.05) is 60.7 Å². The van der Waals surface area contributed by atoms with E-state index in [2.05, 4.69) is 5.16 Å². The van der Waals surface area contributed by atoms with Gasteiger partial charge in [0.2, 0.25) is 6.61 Å². The Bertz CT molecular complexity index is 552. The summed E-state index contributed by atoms with van der Waals surface area (Å²) in [5.41, 5.74) is 2.53. The topological polar surface area (TPSA) is 47.9 Å². The Morgan fingerprint density at radius 3 is 1.95 bits per heavy atom. The Morgan fingerprint density at radius 1 is 0.952 bits per heavy atom. The lowest BCUT2D eigenvalue weighted by atomic mass is 10.0. The molecule has 0 saturated carbocycles. The molecule has 0 aliphatic rings. The fourth-order valence-corrected chi connectivity index (χ4v) is 1.82. The number of benzene rings is 2. The zero-order valence-corrected chi connectivity index (χ0v) is 11.9. The average molecular weight is 283 g/mol. The normalized spacial score (nSPS) is 9.76. The standard InChI is InChI=1S/C17H17NO3/c1-2-20-16(19)13-21-18-17(14-9-5-3-6-10-14)15-11-7-4-8-12-15/h3-12H,2,13H2,1H3. The van der Waals surface area contributed by atoms with Crippen LogP contribution in [0.2, 0.25) is 0 Å². The molecule has 2 aromatic rings. The molecule has 0 radical (unpaired) electrons. The van der Waals surface area contributed by atoms with Gasteiger partial charge >= 0.3 is 5.97 Å². The highest BCUT2D eigenvalue weighted by atomic mass is 16.7. The first-order valence-corrected chi connectivity index (χ1v) is 6.77. The Labute approximate surface area is 124 Å². The third-order valence-corrected chi connectivity index (χ3v) is 2.74. The van der Waals surface area contributed by atoms with E-state index in [0.29, 0.717) is 12.3 Å². The highest BCUT2D eigenvalue weighted by Gasteiger charge is 2.08. The average Bonchev–Trinajstić information content (AvgIpc) is 2.53. The lowest BCUT2D eigenvalue weighted by Gasteiger charge is -2.07. The number of oxime groups is 1. The highest BCUT2D eigenvalue weighted by Crippen LogP contribution is 2.11. The van der Waals surface area contributed by atoms with Crippen molar-refractivity contribution in [2.24, 2.45) is 5.16 Å². The molecule has 0 atom stereocenters. The van der Waals surface area contributed by atoms with Gasteiger partial charge in [-0.1, -0.05) is 65.8 Å². The maximum Gasteiger partial charge on any atom is 0.347 e. The van der Waals surface area contributed by atoms with Gasteiger partial charge in [0.1, 0.15) is 5.71 Å². The van der Waals surface area contributed by atoms with Gasteiger partial charge in [-0.05, 0) is 6.92 Å². The third kappa shape index (κ3) is 4.45. The molecule has 0 saturated heterocycles. The fourth-order valence-electron chi connectivity index (χ4n) is 1.82. The maximum atomic E-state index is 11.3. The summed E-state index contributed by atoms with van der Waals surface area (Å²) in [6.45, 7) is 1.88. The lowest BCUT2D eigenvalue weighted by molar-refractivity contribution is -0.148. The van der Waals surface area contributed by atoms with Crippen LogP contribution in [-0.2, 0) is 14.4 Å². The molecule has 0 aromatic heterocycles. The predicted molar refractivity (Wildman–Crippen MR) is 81.1 cm³/mol. The molecule has 0 spiro atoms. The number of hydrogen-bond acceptors (Lipinski definition) is 4. The van der Waals surface area contributed by atoms with E-state index >= 15 is 0 Å². The van der Waals surface area contributed by atoms with Crippen LogP contribution in [0, 0.1) is 0 Å². The van der Waals surface area contributed by atoms with Crippen molar-refractivity contribution in [1.29, 1.82) is 0 Å². The number of ether oxygens (including phenoxy) is 1. The summed E-state index contributed by atoms with van der Waals surface area (Å²) < 4.78 is 4.80. The van der Waals surface area contributed by atoms with Crippen molar-refractivity contribution >= 4 is 11.7 Å². The molecule has 108 valence electrons. The second kappa shape index (κ2) is 7.85. The minimum Gasteiger partial charge on any atom is -0.463 e. The highest BCUT2D eigenvalue weighted by molar-refractivity contribution is 6.12. The van der Waals surface area contributed by atoms with Crippen molar-refractivity contribution in [2.45, 2.75) is 6.92 Å². The number of hydrogen-bond donors (Lipinski definition) is 0. The monoisotopic (exact) mass is 283 g/mol. The molecule has 2 aromatic carbocycles. The van der Waals surface area contributed by atoms with Crippen LogP contribution in [0.3, 0.4) is 0 Å². The van der Waals surface area contributed by atoms with E-state index < -0.39 is 5.97 Å². The minimum absolute atomic E-state index is 0.197. The first-order valence-electron chi connectivity index (χ1n) is 6.77. The van der Waals surface area contributed by atoms with Crippen LogP contribution in [-0.4, -0.2) is 24.9 Å². The van der Waals surface area contributed by atoms with Crippen LogP contribution in [0.25, 0.3) is 0 Å². The molecule has 0 aliphatic heterocycles. The zero-order valence-electron chi connectivity index (χ0n) is 11.9. The third-order valence-electron chi connectivity index (χ3n) is 2.74. The molecule has 0 unspecified atom stereocenters. The largest absolute Gasteiger partial charge is 0.463 e. The van der Waals surface area contributed by atoms with Gasteiger partial charge < -0.3 is 9.57 Å². The molecular formula is C17H17NO3. The van der Waals surface area contributed by atoms with Crippen molar-refractivity contribution in [1.82, 2.24) is 0 Å². The van der Waals surface area contributed by atoms with Crippen LogP contribution >= 0.6 is 0 Å². The Morgan fingerprint density at radius 2 is 1.48 bits per heavy atom. The first kappa shape index (κ1) is 14.8. The van der Waals surface area contributed by atoms with Crippen LogP contribution in [0.1, 0.15) is 18.1 Å². The van der Waals surface area contributed by atoms with Crippen LogP contribution in [0.4, 0.5) is 0 Å². The predicted octanol–water partition coefficient (Wildman–Crippen LogP) is 3.02. The molecule has 4 heteroatoms. The SMILES string of the molecule is CCOC(=O)CON=C(c1ccccc1)c1ccccc1. The summed E-state index contributed by atoms with van der Waals surface area (Å²) in [4.78, 5) is 16.4. The molecule has 2 rings (SSSR count). The van der Waals surface area contributed by atoms with Crippen molar-refractivity contribution in [2.75, 3.05) is 13.2 Å². The minimum atomic E-state index is -0.429.